The zero-order valence-corrected chi connectivity index (χ0v) is 11.5. The summed E-state index contributed by atoms with van der Waals surface area (Å²) in [7, 11) is 0. The Balaban J connectivity index is 1.93. The van der Waals surface area contributed by atoms with E-state index >= 15 is 0 Å². The average Bonchev–Trinajstić information content (AvgIpc) is 2.89. The van der Waals surface area contributed by atoms with Crippen LogP contribution in [-0.4, -0.2) is 5.11 Å². The van der Waals surface area contributed by atoms with Crippen LogP contribution in [0.25, 0.3) is 11.0 Å². The van der Waals surface area contributed by atoms with Crippen molar-refractivity contribution in [3.05, 3.63) is 70.4 Å². The Kier molecular flexibility index (Phi) is 3.66. The van der Waals surface area contributed by atoms with Gasteiger partial charge < -0.3 is 9.52 Å². The predicted molar refractivity (Wildman–Crippen MR) is 76.7 cm³/mol. The van der Waals surface area contributed by atoms with Crippen molar-refractivity contribution in [3.63, 3.8) is 0 Å². The van der Waals surface area contributed by atoms with Gasteiger partial charge >= 0.3 is 0 Å². The Morgan fingerprint density at radius 3 is 2.29 bits per heavy atom. The molecule has 1 aromatic heterocycles. The third-order valence-electron chi connectivity index (χ3n) is 3.27. The second kappa shape index (κ2) is 5.47. The molecule has 5 heteroatoms. The van der Waals surface area contributed by atoms with Crippen LogP contribution in [0.1, 0.15) is 29.4 Å². The molecule has 0 fully saturated rings. The quantitative estimate of drug-likeness (QED) is 0.729. The molecule has 0 spiro atoms. The van der Waals surface area contributed by atoms with Crippen LogP contribution < -0.4 is 0 Å². The molecule has 0 saturated carbocycles. The van der Waals surface area contributed by atoms with Gasteiger partial charge in [-0.3, -0.25) is 0 Å². The molecule has 0 aliphatic rings. The number of halogens is 3. The van der Waals surface area contributed by atoms with E-state index in [1.54, 1.807) is 24.3 Å². The second-order valence-corrected chi connectivity index (χ2v) is 5.14. The SMILES string of the molecule is OC(c1ccc(C(F)F)cc1)c1cc2cc(Cl)ccc2o1. The molecular formula is C16H11ClF2O2. The van der Waals surface area contributed by atoms with E-state index in [4.69, 9.17) is 16.0 Å². The highest BCUT2D eigenvalue weighted by Gasteiger charge is 2.16. The van der Waals surface area contributed by atoms with Gasteiger partial charge in [0.25, 0.3) is 6.43 Å². The van der Waals surface area contributed by atoms with Gasteiger partial charge in [0, 0.05) is 16.0 Å². The Hall–Kier alpha value is -1.91. The maximum absolute atomic E-state index is 12.5. The van der Waals surface area contributed by atoms with Gasteiger partial charge in [0.05, 0.1) is 0 Å². The maximum atomic E-state index is 12.5. The molecule has 0 saturated heterocycles. The fourth-order valence-corrected chi connectivity index (χ4v) is 2.34. The van der Waals surface area contributed by atoms with E-state index in [1.807, 2.05) is 0 Å². The van der Waals surface area contributed by atoms with E-state index < -0.39 is 12.5 Å². The molecule has 0 aliphatic heterocycles. The Bertz CT molecular complexity index is 766. The number of alkyl halides is 2. The van der Waals surface area contributed by atoms with Crippen LogP contribution in [0.2, 0.25) is 5.02 Å². The molecule has 0 aliphatic carbocycles. The summed E-state index contributed by atoms with van der Waals surface area (Å²) in [6.45, 7) is 0. The van der Waals surface area contributed by atoms with Gasteiger partial charge in [0.15, 0.2) is 0 Å². The van der Waals surface area contributed by atoms with E-state index in [-0.39, 0.29) is 5.56 Å². The normalized spacial score (nSPS) is 13.0. The van der Waals surface area contributed by atoms with Crippen molar-refractivity contribution in [1.29, 1.82) is 0 Å². The van der Waals surface area contributed by atoms with Crippen LogP contribution in [0.15, 0.2) is 52.9 Å². The molecule has 21 heavy (non-hydrogen) atoms. The molecule has 1 atom stereocenters. The number of fused-ring (bicyclic) bond motifs is 1. The number of furan rings is 1. The lowest BCUT2D eigenvalue weighted by molar-refractivity contribution is 0.151. The van der Waals surface area contributed by atoms with Crippen molar-refractivity contribution in [1.82, 2.24) is 0 Å². The highest BCUT2D eigenvalue weighted by atomic mass is 35.5. The third kappa shape index (κ3) is 2.77. The van der Waals surface area contributed by atoms with Crippen molar-refractivity contribution in [3.8, 4) is 0 Å². The first-order valence-corrected chi connectivity index (χ1v) is 6.67. The number of aliphatic hydroxyl groups is 1. The molecule has 1 unspecified atom stereocenters. The molecule has 0 radical (unpaired) electrons. The lowest BCUT2D eigenvalue weighted by Crippen LogP contribution is -1.98. The number of hydrogen-bond donors (Lipinski definition) is 1. The first-order valence-electron chi connectivity index (χ1n) is 6.29. The molecule has 1 heterocycles. The van der Waals surface area contributed by atoms with Gasteiger partial charge in [-0.15, -0.1) is 0 Å². The van der Waals surface area contributed by atoms with Crippen LogP contribution in [0.5, 0.6) is 0 Å². The summed E-state index contributed by atoms with van der Waals surface area (Å²) in [5, 5.41) is 11.6. The number of benzene rings is 2. The lowest BCUT2D eigenvalue weighted by Gasteiger charge is -2.08. The van der Waals surface area contributed by atoms with Gasteiger partial charge in [-0.1, -0.05) is 35.9 Å². The van der Waals surface area contributed by atoms with E-state index in [0.717, 1.165) is 5.39 Å². The zero-order valence-electron chi connectivity index (χ0n) is 10.8. The fraction of sp³-hybridized carbons (Fsp3) is 0.125. The molecule has 2 nitrogen and oxygen atoms in total. The topological polar surface area (TPSA) is 33.4 Å². The first-order chi connectivity index (χ1) is 10.0. The van der Waals surface area contributed by atoms with E-state index in [9.17, 15) is 13.9 Å². The smallest absolute Gasteiger partial charge is 0.263 e. The number of rotatable bonds is 3. The summed E-state index contributed by atoms with van der Waals surface area (Å²) in [6.07, 6.45) is -3.53. The summed E-state index contributed by atoms with van der Waals surface area (Å²) < 4.78 is 30.6. The molecule has 0 amide bonds. The summed E-state index contributed by atoms with van der Waals surface area (Å²) in [5.74, 6) is 0.345. The number of aliphatic hydroxyl groups excluding tert-OH is 1. The van der Waals surface area contributed by atoms with Crippen LogP contribution in [-0.2, 0) is 0 Å². The van der Waals surface area contributed by atoms with Gasteiger partial charge in [-0.2, -0.15) is 0 Å². The molecule has 0 bridgehead atoms. The molecule has 1 N–H and O–H groups in total. The van der Waals surface area contributed by atoms with Crippen molar-refractivity contribution in [2.24, 2.45) is 0 Å². The van der Waals surface area contributed by atoms with Crippen LogP contribution in [0.4, 0.5) is 8.78 Å². The fourth-order valence-electron chi connectivity index (χ4n) is 2.16. The third-order valence-corrected chi connectivity index (χ3v) is 3.51. The second-order valence-electron chi connectivity index (χ2n) is 4.70. The summed E-state index contributed by atoms with van der Waals surface area (Å²) >= 11 is 5.90. The monoisotopic (exact) mass is 308 g/mol. The Morgan fingerprint density at radius 1 is 0.952 bits per heavy atom. The van der Waals surface area contributed by atoms with Crippen molar-refractivity contribution >= 4 is 22.6 Å². The molecule has 3 aromatic rings. The minimum atomic E-state index is -2.52. The van der Waals surface area contributed by atoms with E-state index in [2.05, 4.69) is 0 Å². The van der Waals surface area contributed by atoms with Crippen molar-refractivity contribution in [2.45, 2.75) is 12.5 Å². The van der Waals surface area contributed by atoms with Crippen molar-refractivity contribution < 1.29 is 18.3 Å². The maximum Gasteiger partial charge on any atom is 0.263 e. The van der Waals surface area contributed by atoms with Crippen LogP contribution in [0, 0.1) is 0 Å². The predicted octanol–water partition coefficient (Wildman–Crippen LogP) is 5.11. The Morgan fingerprint density at radius 2 is 1.62 bits per heavy atom. The largest absolute Gasteiger partial charge is 0.458 e. The highest BCUT2D eigenvalue weighted by molar-refractivity contribution is 6.31. The molecule has 108 valence electrons. The van der Waals surface area contributed by atoms with Gasteiger partial charge in [-0.05, 0) is 29.8 Å². The van der Waals surface area contributed by atoms with Crippen molar-refractivity contribution in [2.75, 3.05) is 0 Å². The van der Waals surface area contributed by atoms with Gasteiger partial charge in [0.1, 0.15) is 17.4 Å². The minimum absolute atomic E-state index is 0.0812. The van der Waals surface area contributed by atoms with Gasteiger partial charge in [-0.25, -0.2) is 8.78 Å². The van der Waals surface area contributed by atoms with Crippen LogP contribution >= 0.6 is 11.6 Å². The number of hydrogen-bond acceptors (Lipinski definition) is 2. The summed E-state index contributed by atoms with van der Waals surface area (Å²) in [5.41, 5.74) is 1.02. The average molecular weight is 309 g/mol. The minimum Gasteiger partial charge on any atom is -0.458 e. The summed E-state index contributed by atoms with van der Waals surface area (Å²) in [6, 6.07) is 12.3. The van der Waals surface area contributed by atoms with E-state index in [0.29, 0.717) is 21.9 Å². The highest BCUT2D eigenvalue weighted by Crippen LogP contribution is 2.30. The Labute approximate surface area is 124 Å². The zero-order chi connectivity index (χ0) is 15.0. The molecule has 2 aromatic carbocycles. The molecule has 3 rings (SSSR count). The van der Waals surface area contributed by atoms with E-state index in [1.165, 1.54) is 24.3 Å². The standard InChI is InChI=1S/C16H11ClF2O2/c17-12-5-6-13-11(7-12)8-14(21-13)15(20)9-1-3-10(4-2-9)16(18)19/h1-8,15-16,20H. The van der Waals surface area contributed by atoms with Crippen LogP contribution in [0.3, 0.4) is 0 Å². The lowest BCUT2D eigenvalue weighted by atomic mass is 10.1. The van der Waals surface area contributed by atoms with Gasteiger partial charge in [0.2, 0.25) is 0 Å². The first kappa shape index (κ1) is 14.0. The summed E-state index contributed by atoms with van der Waals surface area (Å²) in [4.78, 5) is 0. The molecular weight excluding hydrogens is 298 g/mol.